The first kappa shape index (κ1) is 31.9. The predicted octanol–water partition coefficient (Wildman–Crippen LogP) is 5.47. The van der Waals surface area contributed by atoms with Gasteiger partial charge < -0.3 is 34.2 Å². The van der Waals surface area contributed by atoms with Crippen LogP contribution >= 0.6 is 0 Å². The molecule has 2 fully saturated rings. The third-order valence-corrected chi connectivity index (χ3v) is 9.05. The van der Waals surface area contributed by atoms with Crippen molar-refractivity contribution in [1.29, 1.82) is 0 Å². The van der Waals surface area contributed by atoms with Gasteiger partial charge in [-0.05, 0) is 83.6 Å². The summed E-state index contributed by atoms with van der Waals surface area (Å²) in [5.74, 6) is 0. The fourth-order valence-corrected chi connectivity index (χ4v) is 6.01. The molecule has 2 heterocycles. The van der Waals surface area contributed by atoms with E-state index in [0.717, 1.165) is 50.5 Å². The van der Waals surface area contributed by atoms with Crippen LogP contribution in [0.2, 0.25) is 0 Å². The smallest absolute Gasteiger partial charge is 0.0984 e. The molecule has 46 heavy (non-hydrogen) atoms. The first-order valence-corrected chi connectivity index (χ1v) is 16.4. The van der Waals surface area contributed by atoms with Crippen molar-refractivity contribution >= 4 is 22.7 Å². The zero-order valence-corrected chi connectivity index (χ0v) is 27.7. The molecule has 0 amide bonds. The van der Waals surface area contributed by atoms with Crippen molar-refractivity contribution in [2.24, 2.45) is 0 Å². The number of anilines is 4. The molecule has 2 unspecified atom stereocenters. The lowest BCUT2D eigenvalue weighted by atomic mass is 10.0. The Labute approximate surface area is 274 Å². The van der Waals surface area contributed by atoms with Gasteiger partial charge >= 0.3 is 0 Å². The fourth-order valence-electron chi connectivity index (χ4n) is 6.01. The van der Waals surface area contributed by atoms with Gasteiger partial charge in [-0.3, -0.25) is 0 Å². The van der Waals surface area contributed by atoms with E-state index in [-0.39, 0.29) is 0 Å². The summed E-state index contributed by atoms with van der Waals surface area (Å²) in [6.45, 7) is 4.76. The zero-order valence-electron chi connectivity index (χ0n) is 27.7. The molecular weight excluding hydrogens is 572 g/mol. The van der Waals surface area contributed by atoms with Gasteiger partial charge in [-0.25, -0.2) is 0 Å². The summed E-state index contributed by atoms with van der Waals surface area (Å²) in [5.41, 5.74) is 9.79. The summed E-state index contributed by atoms with van der Waals surface area (Å²) in [7, 11) is 8.32. The molecule has 2 aliphatic rings. The van der Waals surface area contributed by atoms with E-state index in [1.807, 2.05) is 14.1 Å². The van der Waals surface area contributed by atoms with Crippen molar-refractivity contribution in [1.82, 2.24) is 0 Å². The summed E-state index contributed by atoms with van der Waals surface area (Å²) in [6, 6.07) is 35.0. The molecule has 2 saturated heterocycles. The van der Waals surface area contributed by atoms with Crippen LogP contribution < -0.4 is 19.6 Å². The van der Waals surface area contributed by atoms with Crippen LogP contribution in [-0.2, 0) is 22.3 Å². The van der Waals surface area contributed by atoms with Crippen LogP contribution in [0.4, 0.5) is 22.7 Å². The van der Waals surface area contributed by atoms with Gasteiger partial charge in [0.05, 0.1) is 31.5 Å². The number of benzene rings is 4. The number of aliphatic hydroxyl groups is 1. The summed E-state index contributed by atoms with van der Waals surface area (Å²) in [6.07, 6.45) is 2.09. The quantitative estimate of drug-likeness (QED) is 0.167. The largest absolute Gasteiger partial charge is 0.389 e. The average Bonchev–Trinajstić information content (AvgIpc) is 4.00. The minimum absolute atomic E-state index is 0.390. The number of rotatable bonds is 16. The number of epoxide rings is 2. The van der Waals surface area contributed by atoms with Crippen LogP contribution in [0.3, 0.4) is 0 Å². The first-order chi connectivity index (χ1) is 22.3. The standard InChI is InChI=1S/C39H48N4O3/c1-40(33-13-5-29(6-14-33)21-31-9-17-35(18-10-31)42(3)25-38-27-45-38)23-37(44)24-41(2)34-15-7-30(8-16-34)22-32-11-19-36(20-12-32)43(4)26-39-28-46-39/h5-20,37-39,44H,21-28H2,1-4H3. The third kappa shape index (κ3) is 9.03. The lowest BCUT2D eigenvalue weighted by molar-refractivity contribution is 0.188. The molecule has 7 nitrogen and oxygen atoms in total. The van der Waals surface area contributed by atoms with Crippen LogP contribution in [0.25, 0.3) is 0 Å². The first-order valence-electron chi connectivity index (χ1n) is 16.4. The second kappa shape index (κ2) is 14.6. The van der Waals surface area contributed by atoms with Gasteiger partial charge in [0.25, 0.3) is 0 Å². The topological polar surface area (TPSA) is 58.3 Å². The molecule has 0 spiro atoms. The number of ether oxygens (including phenoxy) is 2. The van der Waals surface area contributed by atoms with Crippen molar-refractivity contribution in [3.63, 3.8) is 0 Å². The Hall–Kier alpha value is -4.04. The highest BCUT2D eigenvalue weighted by atomic mass is 16.6. The van der Waals surface area contributed by atoms with E-state index in [0.29, 0.717) is 25.3 Å². The van der Waals surface area contributed by atoms with E-state index in [1.54, 1.807) is 0 Å². The highest BCUT2D eigenvalue weighted by Crippen LogP contribution is 2.23. The van der Waals surface area contributed by atoms with Crippen molar-refractivity contribution in [3.05, 3.63) is 119 Å². The van der Waals surface area contributed by atoms with Crippen molar-refractivity contribution in [2.75, 3.05) is 87.2 Å². The van der Waals surface area contributed by atoms with E-state index < -0.39 is 6.10 Å². The van der Waals surface area contributed by atoms with Crippen LogP contribution in [-0.4, -0.2) is 91.0 Å². The van der Waals surface area contributed by atoms with Gasteiger partial charge in [-0.15, -0.1) is 0 Å². The van der Waals surface area contributed by atoms with Crippen molar-refractivity contribution in [3.8, 4) is 0 Å². The molecule has 0 aromatic heterocycles. The molecular formula is C39H48N4O3. The van der Waals surface area contributed by atoms with E-state index in [2.05, 4.69) is 131 Å². The Bertz CT molecular complexity index is 1400. The van der Waals surface area contributed by atoms with Crippen LogP contribution in [0.15, 0.2) is 97.1 Å². The third-order valence-electron chi connectivity index (χ3n) is 9.05. The lowest BCUT2D eigenvalue weighted by Crippen LogP contribution is -2.37. The summed E-state index contributed by atoms with van der Waals surface area (Å²) >= 11 is 0. The lowest BCUT2D eigenvalue weighted by Gasteiger charge is -2.27. The van der Waals surface area contributed by atoms with Crippen LogP contribution in [0.5, 0.6) is 0 Å². The van der Waals surface area contributed by atoms with Gasteiger partial charge in [-0.2, -0.15) is 0 Å². The Balaban J connectivity index is 0.941. The Morgan fingerprint density at radius 1 is 0.500 bits per heavy atom. The maximum atomic E-state index is 10.9. The summed E-state index contributed by atoms with van der Waals surface area (Å²) < 4.78 is 10.7. The molecule has 1 N–H and O–H groups in total. The Kier molecular flexibility index (Phi) is 10.1. The van der Waals surface area contributed by atoms with Gasteiger partial charge in [0.1, 0.15) is 0 Å². The van der Waals surface area contributed by atoms with Crippen LogP contribution in [0, 0.1) is 0 Å². The molecule has 7 heteroatoms. The number of nitrogens with zero attached hydrogens (tertiary/aromatic N) is 4. The molecule has 6 rings (SSSR count). The molecule has 0 radical (unpaired) electrons. The van der Waals surface area contributed by atoms with E-state index in [1.165, 1.54) is 33.6 Å². The zero-order chi connectivity index (χ0) is 32.0. The minimum Gasteiger partial charge on any atom is -0.389 e. The SMILES string of the molecule is CN(CC(O)CN(C)c1ccc(Cc2ccc(N(C)CC3CO3)cc2)cc1)c1ccc(Cc2ccc(N(C)CC3CO3)cc2)cc1. The summed E-state index contributed by atoms with van der Waals surface area (Å²) in [4.78, 5) is 8.76. The number of likely N-dealkylation sites (N-methyl/N-ethyl adjacent to an activating group) is 4. The molecule has 2 aliphatic heterocycles. The average molecular weight is 621 g/mol. The Morgan fingerprint density at radius 2 is 0.761 bits per heavy atom. The second-order valence-corrected chi connectivity index (χ2v) is 13.1. The number of hydrogen-bond donors (Lipinski definition) is 1. The molecule has 2 atom stereocenters. The van der Waals surface area contributed by atoms with E-state index in [9.17, 15) is 5.11 Å². The van der Waals surface area contributed by atoms with Crippen molar-refractivity contribution < 1.29 is 14.6 Å². The number of hydrogen-bond acceptors (Lipinski definition) is 7. The molecule has 4 aromatic carbocycles. The monoisotopic (exact) mass is 620 g/mol. The van der Waals surface area contributed by atoms with Crippen LogP contribution in [0.1, 0.15) is 22.3 Å². The van der Waals surface area contributed by atoms with Crippen molar-refractivity contribution in [2.45, 2.75) is 31.2 Å². The maximum absolute atomic E-state index is 10.9. The van der Waals surface area contributed by atoms with Gasteiger partial charge in [0, 0.05) is 77.1 Å². The molecule has 4 aromatic rings. The molecule has 0 aliphatic carbocycles. The molecule has 0 saturated carbocycles. The summed E-state index contributed by atoms with van der Waals surface area (Å²) in [5, 5.41) is 10.9. The van der Waals surface area contributed by atoms with E-state index >= 15 is 0 Å². The fraction of sp³-hybridized carbons (Fsp3) is 0.385. The number of aliphatic hydroxyl groups excluding tert-OH is 1. The van der Waals surface area contributed by atoms with Gasteiger partial charge in [0.15, 0.2) is 0 Å². The van der Waals surface area contributed by atoms with Gasteiger partial charge in [0.2, 0.25) is 0 Å². The van der Waals surface area contributed by atoms with Gasteiger partial charge in [-0.1, -0.05) is 48.5 Å². The normalized spacial score (nSPS) is 17.3. The van der Waals surface area contributed by atoms with E-state index in [4.69, 9.17) is 9.47 Å². The Morgan fingerprint density at radius 3 is 1.02 bits per heavy atom. The maximum Gasteiger partial charge on any atom is 0.0984 e. The highest BCUT2D eigenvalue weighted by Gasteiger charge is 2.25. The predicted molar refractivity (Wildman–Crippen MR) is 190 cm³/mol. The highest BCUT2D eigenvalue weighted by molar-refractivity contribution is 5.52. The second-order valence-electron chi connectivity index (χ2n) is 13.1. The minimum atomic E-state index is -0.486. The molecule has 0 bridgehead atoms. The molecule has 242 valence electrons.